The predicted octanol–water partition coefficient (Wildman–Crippen LogP) is 10.3. The van der Waals surface area contributed by atoms with Crippen molar-refractivity contribution in [2.75, 3.05) is 0 Å². The minimum atomic E-state index is -0.667. The lowest BCUT2D eigenvalue weighted by molar-refractivity contribution is 0.477. The van der Waals surface area contributed by atoms with Crippen molar-refractivity contribution in [1.82, 2.24) is 0 Å². The summed E-state index contributed by atoms with van der Waals surface area (Å²) in [6, 6.07) is 10.2. The molecule has 0 amide bonds. The van der Waals surface area contributed by atoms with Gasteiger partial charge < -0.3 is 30.6 Å². The second-order valence-electron chi connectivity index (χ2n) is 9.28. The minimum Gasteiger partial charge on any atom is -0.503 e. The lowest BCUT2D eigenvalue weighted by Gasteiger charge is -2.04. The summed E-state index contributed by atoms with van der Waals surface area (Å²) < 4.78 is 0. The molecule has 6 heterocycles. The first kappa shape index (κ1) is 27.1. The Morgan fingerprint density at radius 2 is 0.405 bits per heavy atom. The van der Waals surface area contributed by atoms with E-state index in [9.17, 15) is 30.6 Å². The third-order valence-corrected chi connectivity index (χ3v) is 18.1. The highest BCUT2D eigenvalue weighted by molar-refractivity contribution is 7.55. The van der Waals surface area contributed by atoms with Gasteiger partial charge in [-0.1, -0.05) is 0 Å². The largest absolute Gasteiger partial charge is 0.503 e. The van der Waals surface area contributed by atoms with E-state index in [0.717, 1.165) is 29.4 Å². The molecule has 6 unspecified atom stereocenters. The predicted molar refractivity (Wildman–Crippen MR) is 179 cm³/mol. The van der Waals surface area contributed by atoms with E-state index in [-0.39, 0.29) is 34.5 Å². The highest BCUT2D eigenvalue weighted by Crippen LogP contribution is 2.67. The Kier molecular flexibility index (Phi) is 6.76. The molecule has 6 aromatic heterocycles. The first-order chi connectivity index (χ1) is 20.3. The molecule has 6 N–H and O–H groups in total. The van der Waals surface area contributed by atoms with Crippen LogP contribution in [0, 0.1) is 0 Å². The molecule has 12 heteroatoms. The first-order valence-electron chi connectivity index (χ1n) is 12.4. The Labute approximate surface area is 256 Å². The van der Waals surface area contributed by atoms with Gasteiger partial charge in [-0.05, 0) is 0 Å². The van der Waals surface area contributed by atoms with Crippen molar-refractivity contribution in [3.8, 4) is 63.9 Å². The smallest absolute Gasteiger partial charge is 0.310 e. The van der Waals surface area contributed by atoms with Gasteiger partial charge in [0, 0.05) is 99.2 Å². The first-order valence-corrected chi connectivity index (χ1v) is 20.5. The molecule has 0 fully saturated rings. The van der Waals surface area contributed by atoms with Gasteiger partial charge in [-0.25, -0.2) is 0 Å². The molecule has 42 heavy (non-hydrogen) atoms. The van der Waals surface area contributed by atoms with Crippen LogP contribution in [0.2, 0.25) is 0 Å². The van der Waals surface area contributed by atoms with Gasteiger partial charge in [-0.2, -0.15) is 0 Å². The van der Waals surface area contributed by atoms with Crippen molar-refractivity contribution in [2.24, 2.45) is 0 Å². The van der Waals surface area contributed by atoms with Gasteiger partial charge in [0.1, 0.15) is 32.3 Å². The molecule has 0 saturated heterocycles. The summed E-state index contributed by atoms with van der Waals surface area (Å²) >= 11 is 0. The molecule has 6 atom stereocenters. The quantitative estimate of drug-likeness (QED) is 0.0978. The van der Waals surface area contributed by atoms with E-state index >= 15 is 0 Å². The van der Waals surface area contributed by atoms with E-state index in [1.54, 1.807) is 36.4 Å². The lowest BCUT2D eigenvalue weighted by atomic mass is 10.3. The van der Waals surface area contributed by atoms with Crippen LogP contribution in [-0.4, -0.2) is 30.6 Å². The Bertz CT molecular complexity index is 1680. The van der Waals surface area contributed by atoms with Crippen molar-refractivity contribution >= 4 is 62.8 Å². The van der Waals surface area contributed by atoms with E-state index in [1.165, 1.54) is 0 Å². The normalized spacial score (nSPS) is 14.0. The number of rotatable bonds is 6. The molecule has 7 rings (SSSR count). The van der Waals surface area contributed by atoms with Crippen LogP contribution in [0.4, 0.5) is 0 Å². The molecule has 210 valence electrons. The minimum absolute atomic E-state index is 0.171. The van der Waals surface area contributed by atoms with Gasteiger partial charge in [-0.3, -0.25) is 0 Å². The monoisotopic (exact) mass is 672 g/mol. The van der Waals surface area contributed by atoms with E-state index in [1.807, 2.05) is 64.6 Å². The molecule has 0 bridgehead atoms. The summed E-state index contributed by atoms with van der Waals surface area (Å²) in [6.45, 7) is 0. The molecule has 0 radical (unpaired) electrons. The van der Waals surface area contributed by atoms with Crippen LogP contribution >= 0.6 is 62.8 Å². The van der Waals surface area contributed by atoms with Gasteiger partial charge >= 0.3 is 29.4 Å². The zero-order chi connectivity index (χ0) is 29.1. The molecule has 0 aliphatic rings. The highest BCUT2D eigenvalue weighted by atomic mass is 32.2. The van der Waals surface area contributed by atoms with Crippen LogP contribution in [0.3, 0.4) is 0 Å². The molecule has 7 aromatic rings. The van der Waals surface area contributed by atoms with Gasteiger partial charge in [0.05, 0.1) is 0 Å². The van der Waals surface area contributed by atoms with Crippen LogP contribution in [0.25, 0.3) is 29.4 Å². The van der Waals surface area contributed by atoms with Crippen LogP contribution in [0.1, 0.15) is 0 Å². The van der Waals surface area contributed by atoms with Gasteiger partial charge in [0.2, 0.25) is 0 Å². The van der Waals surface area contributed by atoms with Crippen LogP contribution in [0.15, 0.2) is 101 Å². The van der Waals surface area contributed by atoms with Crippen molar-refractivity contribution in [2.45, 2.75) is 0 Å². The zero-order valence-electron chi connectivity index (χ0n) is 21.5. The van der Waals surface area contributed by atoms with E-state index in [0.29, 0.717) is 0 Å². The summed E-state index contributed by atoms with van der Waals surface area (Å²) in [5.41, 5.74) is 0. The molecule has 0 aliphatic heterocycles. The molecule has 1 aromatic carbocycles. The number of hydrogen-bond acceptors (Lipinski definition) is 6. The van der Waals surface area contributed by atoms with Crippen LogP contribution in [0.5, 0.6) is 34.5 Å². The average molecular weight is 673 g/mol. The Morgan fingerprint density at radius 3 is 0.500 bits per heavy atom. The summed E-state index contributed by atoms with van der Waals surface area (Å²) in [5, 5.41) is 86.2. The maximum atomic E-state index is 10.6. The summed E-state index contributed by atoms with van der Waals surface area (Å²) in [5.74, 6) is 1.03. The zero-order valence-corrected chi connectivity index (χ0v) is 26.4. The topological polar surface area (TPSA) is 121 Å². The number of aromatic hydroxyl groups is 6. The van der Waals surface area contributed by atoms with Crippen molar-refractivity contribution in [3.05, 3.63) is 101 Å². The number of hydrogen-bond donors (Lipinski definition) is 6. The molecule has 0 spiro atoms. The molecular formula is C30H24O6S6+6. The summed E-state index contributed by atoms with van der Waals surface area (Å²) in [4.78, 5) is 5.93. The second kappa shape index (κ2) is 10.5. The van der Waals surface area contributed by atoms with Crippen LogP contribution < -0.4 is 0 Å². The van der Waals surface area contributed by atoms with Crippen molar-refractivity contribution in [3.63, 3.8) is 0 Å². The fraction of sp³-hybridized carbons (Fsp3) is 0. The lowest BCUT2D eigenvalue weighted by Crippen LogP contribution is -1.91. The SMILES string of the molecule is Oc1cc[s+](-c2c(-[s+]3ccc(O)c3)c(-[s+]3ccc(O)c3)c(-[s+]3ccc(O)c3)c(-[s+]3ccc(O)c3)c2-[s+]2ccc(O)c2)c1. The standard InChI is InChI=1S/C30H18O6S6/c31-19-1-7-37(13-19)25-26(38-8-2-20(32)14-38)28(40-10-4-22(34)16-40)30(42-12-6-24(36)18-42)29(41-11-5-23(35)17-41)27(25)39-9-3-21(33)15-39/h1-18H/p+6. The third kappa shape index (κ3) is 4.66. The summed E-state index contributed by atoms with van der Waals surface area (Å²) in [6.07, 6.45) is 0. The fourth-order valence-electron chi connectivity index (χ4n) is 4.77. The van der Waals surface area contributed by atoms with E-state index in [4.69, 9.17) is 0 Å². The maximum Gasteiger partial charge on any atom is 0.310 e. The molecule has 0 saturated carbocycles. The maximum absolute atomic E-state index is 10.6. The molecular weight excluding hydrogens is 649 g/mol. The van der Waals surface area contributed by atoms with Crippen molar-refractivity contribution in [1.29, 1.82) is 0 Å². The second-order valence-corrected chi connectivity index (χ2v) is 19.2. The number of thiophene rings is 6. The van der Waals surface area contributed by atoms with Crippen LogP contribution in [-0.2, 0) is 0 Å². The van der Waals surface area contributed by atoms with Gasteiger partial charge in [0.25, 0.3) is 0 Å². The van der Waals surface area contributed by atoms with Crippen molar-refractivity contribution < 1.29 is 30.6 Å². The Balaban J connectivity index is 1.80. The third-order valence-electron chi connectivity index (χ3n) is 6.45. The Hall–Kier alpha value is -3.78. The fourth-order valence-corrected chi connectivity index (χ4v) is 18.2. The molecule has 6 nitrogen and oxygen atoms in total. The highest BCUT2D eigenvalue weighted by Gasteiger charge is 2.53. The summed E-state index contributed by atoms with van der Waals surface area (Å²) in [7, 11) is -4.00. The van der Waals surface area contributed by atoms with Gasteiger partial charge in [-0.15, -0.1) is 0 Å². The van der Waals surface area contributed by atoms with E-state index < -0.39 is 62.8 Å². The molecule has 0 aliphatic carbocycles. The van der Waals surface area contributed by atoms with Gasteiger partial charge in [0.15, 0.2) is 66.8 Å². The Morgan fingerprint density at radius 1 is 0.262 bits per heavy atom. The number of benzene rings is 1. The average Bonchev–Trinajstić information content (AvgIpc) is 3.78. The van der Waals surface area contributed by atoms with E-state index in [2.05, 4.69) is 0 Å².